The van der Waals surface area contributed by atoms with E-state index in [1.165, 1.54) is 62.7 Å². The first-order valence-corrected chi connectivity index (χ1v) is 12.0. The number of thiocarbonyl (C=S) groups is 1. The molecule has 1 N–H and O–H groups in total. The van der Waals surface area contributed by atoms with E-state index < -0.39 is 0 Å². The van der Waals surface area contributed by atoms with Gasteiger partial charge in [-0.3, -0.25) is 4.90 Å². The fourth-order valence-corrected chi connectivity index (χ4v) is 5.15. The summed E-state index contributed by atoms with van der Waals surface area (Å²) in [4.78, 5) is 5.03. The molecule has 0 amide bonds. The molecule has 3 nitrogen and oxygen atoms in total. The summed E-state index contributed by atoms with van der Waals surface area (Å²) in [6.45, 7) is 5.41. The highest BCUT2D eigenvalue weighted by Gasteiger charge is 2.24. The van der Waals surface area contributed by atoms with E-state index in [2.05, 4.69) is 75.8 Å². The number of benzene rings is 2. The predicted molar refractivity (Wildman–Crippen MR) is 129 cm³/mol. The fraction of sp³-hybridized carbons (Fsp3) is 0.500. The van der Waals surface area contributed by atoms with E-state index in [0.29, 0.717) is 12.0 Å². The summed E-state index contributed by atoms with van der Waals surface area (Å²) in [5.41, 5.74) is 2.76. The van der Waals surface area contributed by atoms with Gasteiger partial charge in [0.15, 0.2) is 5.11 Å². The molecule has 1 aliphatic heterocycles. The largest absolute Gasteiger partial charge is 0.360 e. The van der Waals surface area contributed by atoms with E-state index in [9.17, 15) is 0 Å². The molecule has 0 atom stereocenters. The Bertz CT molecular complexity index is 765. The lowest BCUT2D eigenvalue weighted by atomic mass is 9.95. The van der Waals surface area contributed by atoms with Crippen LogP contribution in [0.2, 0.25) is 0 Å². The number of rotatable bonds is 7. The van der Waals surface area contributed by atoms with Crippen molar-refractivity contribution in [1.29, 1.82) is 0 Å². The molecule has 2 aromatic rings. The summed E-state index contributed by atoms with van der Waals surface area (Å²) in [6, 6.07) is 22.2. The zero-order chi connectivity index (χ0) is 20.6. The Morgan fingerprint density at radius 2 is 1.47 bits per heavy atom. The first kappa shape index (κ1) is 21.3. The number of hydrogen-bond donors (Lipinski definition) is 1. The van der Waals surface area contributed by atoms with Crippen molar-refractivity contribution >= 4 is 17.3 Å². The van der Waals surface area contributed by atoms with E-state index in [1.807, 2.05) is 0 Å². The highest BCUT2D eigenvalue weighted by Crippen LogP contribution is 2.22. The van der Waals surface area contributed by atoms with Crippen LogP contribution in [0.3, 0.4) is 0 Å². The highest BCUT2D eigenvalue weighted by molar-refractivity contribution is 7.80. The lowest BCUT2D eigenvalue weighted by molar-refractivity contribution is 0.158. The number of nitrogens with zero attached hydrogens (tertiary/aromatic N) is 2. The number of nitrogens with one attached hydrogen (secondary N) is 1. The molecular weight excluding hydrogens is 386 g/mol. The van der Waals surface area contributed by atoms with Gasteiger partial charge < -0.3 is 10.2 Å². The monoisotopic (exact) mass is 421 g/mol. The molecule has 0 bridgehead atoms. The minimum Gasteiger partial charge on any atom is -0.360 e. The summed E-state index contributed by atoms with van der Waals surface area (Å²) in [7, 11) is 0. The molecule has 1 heterocycles. The normalized spacial score (nSPS) is 18.4. The third-order valence-electron chi connectivity index (χ3n) is 6.62. The molecule has 0 aromatic heterocycles. The molecule has 30 heavy (non-hydrogen) atoms. The van der Waals surface area contributed by atoms with Crippen molar-refractivity contribution in [2.45, 2.75) is 57.7 Å². The maximum Gasteiger partial charge on any atom is 0.169 e. The number of likely N-dealkylation sites (tertiary alicyclic amines) is 1. The molecule has 2 fully saturated rings. The topological polar surface area (TPSA) is 18.5 Å². The lowest BCUT2D eigenvalue weighted by Gasteiger charge is -2.36. The summed E-state index contributed by atoms with van der Waals surface area (Å²) in [6.07, 6.45) is 7.69. The van der Waals surface area contributed by atoms with Crippen LogP contribution in [0.1, 0.15) is 49.7 Å². The second-order valence-electron chi connectivity index (χ2n) is 9.00. The summed E-state index contributed by atoms with van der Waals surface area (Å²) >= 11 is 5.89. The van der Waals surface area contributed by atoms with Crippen molar-refractivity contribution < 1.29 is 0 Å². The molecule has 2 aromatic carbocycles. The maximum absolute atomic E-state index is 5.89. The van der Waals surface area contributed by atoms with E-state index in [4.69, 9.17) is 12.2 Å². The van der Waals surface area contributed by atoms with Gasteiger partial charge in [-0.1, -0.05) is 73.5 Å². The predicted octanol–water partition coefficient (Wildman–Crippen LogP) is 5.22. The third-order valence-corrected chi connectivity index (χ3v) is 7.00. The summed E-state index contributed by atoms with van der Waals surface area (Å²) < 4.78 is 0. The van der Waals surface area contributed by atoms with Crippen molar-refractivity contribution in [3.8, 4) is 0 Å². The van der Waals surface area contributed by atoms with Crippen LogP contribution in [0.5, 0.6) is 0 Å². The molecule has 1 saturated carbocycles. The van der Waals surface area contributed by atoms with E-state index in [-0.39, 0.29) is 0 Å². The van der Waals surface area contributed by atoms with Gasteiger partial charge in [0.2, 0.25) is 0 Å². The zero-order valence-electron chi connectivity index (χ0n) is 18.0. The average molecular weight is 422 g/mol. The number of hydrogen-bond acceptors (Lipinski definition) is 2. The van der Waals surface area contributed by atoms with Gasteiger partial charge in [0.25, 0.3) is 0 Å². The van der Waals surface area contributed by atoms with Crippen molar-refractivity contribution in [1.82, 2.24) is 15.1 Å². The standard InChI is InChI=1S/C26H35N3S/c30-26(27-25-13-7-8-14-25)29(20-23-11-5-2-6-12-23)21-24-15-17-28(18-16-24)19-22-9-3-1-4-10-22/h1-6,9-12,24-25H,7-8,13-21H2,(H,27,30). The van der Waals surface area contributed by atoms with Crippen molar-refractivity contribution in [3.63, 3.8) is 0 Å². The molecule has 4 rings (SSSR count). The summed E-state index contributed by atoms with van der Waals surface area (Å²) in [5, 5.41) is 4.63. The Labute approximate surface area is 187 Å². The van der Waals surface area contributed by atoms with Gasteiger partial charge >= 0.3 is 0 Å². The molecule has 1 saturated heterocycles. The highest BCUT2D eigenvalue weighted by atomic mass is 32.1. The van der Waals surface area contributed by atoms with Crippen LogP contribution in [0.25, 0.3) is 0 Å². The average Bonchev–Trinajstić information content (AvgIpc) is 3.29. The van der Waals surface area contributed by atoms with Gasteiger partial charge in [0.1, 0.15) is 0 Å². The van der Waals surface area contributed by atoms with Crippen molar-refractivity contribution in [2.75, 3.05) is 19.6 Å². The molecule has 0 radical (unpaired) electrons. The molecule has 160 valence electrons. The second-order valence-corrected chi connectivity index (χ2v) is 9.39. The molecule has 4 heteroatoms. The molecule has 0 unspecified atom stereocenters. The van der Waals surface area contributed by atoms with Crippen molar-refractivity contribution in [3.05, 3.63) is 71.8 Å². The van der Waals surface area contributed by atoms with E-state index in [1.54, 1.807) is 0 Å². The minimum absolute atomic E-state index is 0.573. The Morgan fingerprint density at radius 3 is 2.10 bits per heavy atom. The van der Waals surface area contributed by atoms with Crippen LogP contribution in [-0.2, 0) is 13.1 Å². The summed E-state index contributed by atoms with van der Waals surface area (Å²) in [5.74, 6) is 0.712. The van der Waals surface area contributed by atoms with Crippen LogP contribution in [0.15, 0.2) is 60.7 Å². The maximum atomic E-state index is 5.89. The van der Waals surface area contributed by atoms with Crippen LogP contribution < -0.4 is 5.32 Å². The molecule has 0 spiro atoms. The number of piperidine rings is 1. The molecule has 2 aliphatic rings. The smallest absolute Gasteiger partial charge is 0.169 e. The van der Waals surface area contributed by atoms with Gasteiger partial charge in [0.05, 0.1) is 0 Å². The second kappa shape index (κ2) is 10.9. The third kappa shape index (κ3) is 6.29. The zero-order valence-corrected chi connectivity index (χ0v) is 18.8. The molecular formula is C26H35N3S. The van der Waals surface area contributed by atoms with Gasteiger partial charge in [-0.25, -0.2) is 0 Å². The Hall–Kier alpha value is -1.91. The van der Waals surface area contributed by atoms with Crippen molar-refractivity contribution in [2.24, 2.45) is 5.92 Å². The first-order valence-electron chi connectivity index (χ1n) is 11.6. The molecule has 1 aliphatic carbocycles. The quantitative estimate of drug-likeness (QED) is 0.618. The SMILES string of the molecule is S=C(NC1CCCC1)N(Cc1ccccc1)CC1CCN(Cc2ccccc2)CC1. The Balaban J connectivity index is 1.32. The Kier molecular flexibility index (Phi) is 7.76. The van der Waals surface area contributed by atoms with Crippen LogP contribution in [0, 0.1) is 5.92 Å². The first-order chi connectivity index (χ1) is 14.8. The van der Waals surface area contributed by atoms with Gasteiger partial charge in [-0.2, -0.15) is 0 Å². The van der Waals surface area contributed by atoms with E-state index in [0.717, 1.165) is 24.7 Å². The van der Waals surface area contributed by atoms with Gasteiger partial charge in [0, 0.05) is 25.7 Å². The van der Waals surface area contributed by atoms with Gasteiger partial charge in [-0.05, 0) is 68.0 Å². The minimum atomic E-state index is 0.573. The lowest BCUT2D eigenvalue weighted by Crippen LogP contribution is -2.46. The fourth-order valence-electron chi connectivity index (χ4n) is 4.84. The Morgan fingerprint density at radius 1 is 0.867 bits per heavy atom. The van der Waals surface area contributed by atoms with Crippen LogP contribution in [-0.4, -0.2) is 40.6 Å². The van der Waals surface area contributed by atoms with Crippen LogP contribution >= 0.6 is 12.2 Å². The van der Waals surface area contributed by atoms with Gasteiger partial charge in [-0.15, -0.1) is 0 Å². The van der Waals surface area contributed by atoms with Crippen LogP contribution in [0.4, 0.5) is 0 Å². The van der Waals surface area contributed by atoms with E-state index >= 15 is 0 Å².